The van der Waals surface area contributed by atoms with Crippen LogP contribution in [0.4, 0.5) is 4.79 Å². The minimum absolute atomic E-state index is 0.0980. The second kappa shape index (κ2) is 9.78. The van der Waals surface area contributed by atoms with Crippen LogP contribution in [-0.4, -0.2) is 54.1 Å². The maximum Gasteiger partial charge on any atom is 0.324 e. The molecule has 1 aliphatic rings. The molecule has 0 unspecified atom stereocenters. The van der Waals surface area contributed by atoms with Crippen molar-refractivity contribution in [2.75, 3.05) is 20.2 Å². The maximum absolute atomic E-state index is 12.5. The number of aromatic hydroxyl groups is 1. The SMILES string of the molecule is COc1ccc(CCN2C(=O)N[C@@H](CC(=O)NCCc3ccc(O)cc3)C2=O)cc1. The fourth-order valence-electron chi connectivity index (χ4n) is 3.23. The topological polar surface area (TPSA) is 108 Å². The molecule has 1 aliphatic heterocycles. The van der Waals surface area contributed by atoms with Crippen molar-refractivity contribution in [2.24, 2.45) is 0 Å². The zero-order valence-corrected chi connectivity index (χ0v) is 16.8. The standard InChI is InChI=1S/C22H25N3O5/c1-30-18-8-4-16(5-9-18)11-13-25-21(28)19(24-22(25)29)14-20(27)23-12-10-15-2-6-17(26)7-3-15/h2-9,19,26H,10-14H2,1H3,(H,23,27)(H,24,29)/t19-/m0/s1. The van der Waals surface area contributed by atoms with Gasteiger partial charge in [-0.25, -0.2) is 4.79 Å². The lowest BCUT2D eigenvalue weighted by atomic mass is 10.1. The first-order valence-corrected chi connectivity index (χ1v) is 9.75. The van der Waals surface area contributed by atoms with Crippen LogP contribution in [0.1, 0.15) is 17.5 Å². The molecule has 30 heavy (non-hydrogen) atoms. The first-order chi connectivity index (χ1) is 14.5. The molecule has 0 bridgehead atoms. The number of hydrogen-bond acceptors (Lipinski definition) is 5. The van der Waals surface area contributed by atoms with Crippen molar-refractivity contribution < 1.29 is 24.2 Å². The molecule has 0 spiro atoms. The summed E-state index contributed by atoms with van der Waals surface area (Å²) in [5, 5.41) is 14.6. The number of methoxy groups -OCH3 is 1. The fourth-order valence-corrected chi connectivity index (χ4v) is 3.23. The van der Waals surface area contributed by atoms with Crippen LogP contribution in [0.5, 0.6) is 11.5 Å². The van der Waals surface area contributed by atoms with E-state index in [1.165, 1.54) is 0 Å². The van der Waals surface area contributed by atoms with Crippen molar-refractivity contribution in [1.82, 2.24) is 15.5 Å². The predicted molar refractivity (Wildman–Crippen MR) is 110 cm³/mol. The van der Waals surface area contributed by atoms with E-state index in [1.54, 1.807) is 31.4 Å². The summed E-state index contributed by atoms with van der Waals surface area (Å²) in [5.41, 5.74) is 1.95. The van der Waals surface area contributed by atoms with Gasteiger partial charge in [0.2, 0.25) is 5.91 Å². The number of ether oxygens (including phenoxy) is 1. The predicted octanol–water partition coefficient (Wildman–Crippen LogP) is 1.61. The van der Waals surface area contributed by atoms with Crippen LogP contribution < -0.4 is 15.4 Å². The molecule has 0 aromatic heterocycles. The van der Waals surface area contributed by atoms with Crippen LogP contribution in [0, 0.1) is 0 Å². The number of nitrogens with one attached hydrogen (secondary N) is 2. The van der Waals surface area contributed by atoms with Gasteiger partial charge in [0.1, 0.15) is 17.5 Å². The number of carbonyl (C=O) groups is 3. The van der Waals surface area contributed by atoms with Crippen molar-refractivity contribution in [3.05, 3.63) is 59.7 Å². The van der Waals surface area contributed by atoms with E-state index in [1.807, 2.05) is 24.3 Å². The number of hydrogen-bond donors (Lipinski definition) is 3. The van der Waals surface area contributed by atoms with Gasteiger partial charge in [0, 0.05) is 13.1 Å². The van der Waals surface area contributed by atoms with Gasteiger partial charge in [-0.1, -0.05) is 24.3 Å². The summed E-state index contributed by atoms with van der Waals surface area (Å²) in [5.74, 6) is 0.242. The quantitative estimate of drug-likeness (QED) is 0.544. The smallest absolute Gasteiger partial charge is 0.324 e. The van der Waals surface area contributed by atoms with Crippen molar-refractivity contribution in [2.45, 2.75) is 25.3 Å². The van der Waals surface area contributed by atoms with Crippen molar-refractivity contribution in [1.29, 1.82) is 0 Å². The van der Waals surface area contributed by atoms with Gasteiger partial charge in [-0.2, -0.15) is 0 Å². The van der Waals surface area contributed by atoms with E-state index in [-0.39, 0.29) is 30.5 Å². The number of phenolic OH excluding ortho intramolecular Hbond substituents is 1. The average Bonchev–Trinajstić information content (AvgIpc) is 3.00. The molecular formula is C22H25N3O5. The molecule has 1 atom stereocenters. The highest BCUT2D eigenvalue weighted by molar-refractivity contribution is 6.05. The van der Waals surface area contributed by atoms with Crippen molar-refractivity contribution in [3.8, 4) is 11.5 Å². The lowest BCUT2D eigenvalue weighted by Gasteiger charge is -2.13. The third-order valence-electron chi connectivity index (χ3n) is 4.95. The van der Waals surface area contributed by atoms with Crippen LogP contribution in [0.15, 0.2) is 48.5 Å². The molecule has 0 aliphatic carbocycles. The molecule has 0 radical (unpaired) electrons. The average molecular weight is 411 g/mol. The number of nitrogens with zero attached hydrogens (tertiary/aromatic N) is 1. The largest absolute Gasteiger partial charge is 0.508 e. The van der Waals surface area contributed by atoms with Gasteiger partial charge in [0.15, 0.2) is 0 Å². The Bertz CT molecular complexity index is 896. The Labute approximate surface area is 174 Å². The van der Waals surface area contributed by atoms with Crippen LogP contribution in [0.2, 0.25) is 0 Å². The number of rotatable bonds is 9. The minimum atomic E-state index is -0.845. The third-order valence-corrected chi connectivity index (χ3v) is 4.95. The normalized spacial score (nSPS) is 15.8. The van der Waals surface area contributed by atoms with Crippen LogP contribution >= 0.6 is 0 Å². The zero-order chi connectivity index (χ0) is 21.5. The molecule has 0 saturated carbocycles. The molecule has 3 rings (SSSR count). The number of benzene rings is 2. The van der Waals surface area contributed by atoms with Crippen LogP contribution in [0.3, 0.4) is 0 Å². The highest BCUT2D eigenvalue weighted by Gasteiger charge is 2.38. The van der Waals surface area contributed by atoms with E-state index in [0.29, 0.717) is 19.4 Å². The van der Waals surface area contributed by atoms with Crippen molar-refractivity contribution >= 4 is 17.8 Å². The Morgan fingerprint density at radius 1 is 1.07 bits per heavy atom. The van der Waals surface area contributed by atoms with E-state index < -0.39 is 12.1 Å². The van der Waals surface area contributed by atoms with E-state index >= 15 is 0 Å². The summed E-state index contributed by atoms with van der Waals surface area (Å²) < 4.78 is 5.11. The molecule has 8 nitrogen and oxygen atoms in total. The summed E-state index contributed by atoms with van der Waals surface area (Å²) in [6, 6.07) is 12.8. The highest BCUT2D eigenvalue weighted by atomic mass is 16.5. The zero-order valence-electron chi connectivity index (χ0n) is 16.8. The summed E-state index contributed by atoms with van der Waals surface area (Å²) in [6.07, 6.45) is 1.03. The monoisotopic (exact) mass is 411 g/mol. The number of amides is 4. The number of phenols is 1. The Morgan fingerprint density at radius 3 is 2.37 bits per heavy atom. The van der Waals surface area contributed by atoms with Crippen LogP contribution in [0.25, 0.3) is 0 Å². The fraction of sp³-hybridized carbons (Fsp3) is 0.318. The molecule has 4 amide bonds. The van der Waals surface area contributed by atoms with E-state index in [4.69, 9.17) is 4.74 Å². The third kappa shape index (κ3) is 5.50. The summed E-state index contributed by atoms with van der Waals surface area (Å²) >= 11 is 0. The van der Waals surface area contributed by atoms with Gasteiger partial charge < -0.3 is 20.5 Å². The second-order valence-electron chi connectivity index (χ2n) is 7.06. The van der Waals surface area contributed by atoms with E-state index in [0.717, 1.165) is 21.8 Å². The molecule has 1 saturated heterocycles. The second-order valence-corrected chi connectivity index (χ2v) is 7.06. The first-order valence-electron chi connectivity index (χ1n) is 9.75. The Morgan fingerprint density at radius 2 is 1.70 bits per heavy atom. The lowest BCUT2D eigenvalue weighted by Crippen LogP contribution is -2.37. The van der Waals surface area contributed by atoms with Gasteiger partial charge in [-0.15, -0.1) is 0 Å². The lowest BCUT2D eigenvalue weighted by molar-refractivity contribution is -0.130. The number of imide groups is 1. The molecule has 8 heteroatoms. The van der Waals surface area contributed by atoms with Crippen LogP contribution in [-0.2, 0) is 22.4 Å². The molecular weight excluding hydrogens is 386 g/mol. The van der Waals surface area contributed by atoms with E-state index in [2.05, 4.69) is 10.6 Å². The summed E-state index contributed by atoms with van der Waals surface area (Å²) in [7, 11) is 1.59. The summed E-state index contributed by atoms with van der Waals surface area (Å²) in [4.78, 5) is 38.0. The van der Waals surface area contributed by atoms with Gasteiger partial charge >= 0.3 is 6.03 Å². The van der Waals surface area contributed by atoms with Gasteiger partial charge in [-0.3, -0.25) is 14.5 Å². The molecule has 2 aromatic carbocycles. The van der Waals surface area contributed by atoms with Crippen molar-refractivity contribution in [3.63, 3.8) is 0 Å². The molecule has 1 fully saturated rings. The van der Waals surface area contributed by atoms with Gasteiger partial charge in [0.05, 0.1) is 13.5 Å². The maximum atomic E-state index is 12.5. The molecule has 3 N–H and O–H groups in total. The van der Waals surface area contributed by atoms with Gasteiger partial charge in [0.25, 0.3) is 5.91 Å². The van der Waals surface area contributed by atoms with Gasteiger partial charge in [-0.05, 0) is 48.2 Å². The Kier molecular flexibility index (Phi) is 6.90. The minimum Gasteiger partial charge on any atom is -0.508 e. The van der Waals surface area contributed by atoms with E-state index in [9.17, 15) is 19.5 Å². The Hall–Kier alpha value is -3.55. The summed E-state index contributed by atoms with van der Waals surface area (Å²) in [6.45, 7) is 0.648. The molecule has 2 aromatic rings. The Balaban J connectivity index is 1.44. The molecule has 1 heterocycles. The molecule has 158 valence electrons. The highest BCUT2D eigenvalue weighted by Crippen LogP contribution is 2.15. The number of urea groups is 1. The first kappa shape index (κ1) is 21.2. The number of carbonyl (C=O) groups excluding carboxylic acids is 3.